The van der Waals surface area contributed by atoms with Crippen LogP contribution >= 0.6 is 0 Å². The molecule has 1 aliphatic rings. The van der Waals surface area contributed by atoms with E-state index >= 15 is 0 Å². The lowest BCUT2D eigenvalue weighted by Gasteiger charge is -2.34. The molecule has 2 aromatic carbocycles. The molecule has 1 fully saturated rings. The molecule has 6 heteroatoms. The summed E-state index contributed by atoms with van der Waals surface area (Å²) in [7, 11) is -3.24. The van der Waals surface area contributed by atoms with Crippen molar-refractivity contribution < 1.29 is 13.2 Å². The first-order chi connectivity index (χ1) is 12.9. The number of hydrogen-bond acceptors (Lipinski definition) is 4. The monoisotopic (exact) mass is 386 g/mol. The van der Waals surface area contributed by atoms with Gasteiger partial charge in [0.25, 0.3) is 5.91 Å². The zero-order valence-electron chi connectivity index (χ0n) is 15.9. The van der Waals surface area contributed by atoms with E-state index in [1.165, 1.54) is 23.3 Å². The van der Waals surface area contributed by atoms with Crippen LogP contribution in [0.15, 0.2) is 53.4 Å². The summed E-state index contributed by atoms with van der Waals surface area (Å²) >= 11 is 0. The van der Waals surface area contributed by atoms with E-state index in [0.717, 1.165) is 19.6 Å². The number of nitrogens with zero attached hydrogens (tertiary/aromatic N) is 2. The highest BCUT2D eigenvalue weighted by Crippen LogP contribution is 2.16. The minimum atomic E-state index is -3.24. The Morgan fingerprint density at radius 1 is 1.00 bits per heavy atom. The fourth-order valence-corrected chi connectivity index (χ4v) is 4.22. The Hall–Kier alpha value is -2.18. The molecular weight excluding hydrogens is 360 g/mol. The molecule has 0 aliphatic carbocycles. The molecule has 5 nitrogen and oxygen atoms in total. The Kier molecular flexibility index (Phi) is 5.97. The number of aryl methyl sites for hydroxylation is 1. The number of carbonyl (C=O) groups is 1. The normalized spacial score (nSPS) is 15.7. The Morgan fingerprint density at radius 3 is 2.26 bits per heavy atom. The molecular formula is C21H26N2O3S. The van der Waals surface area contributed by atoms with Gasteiger partial charge in [-0.2, -0.15) is 0 Å². The lowest BCUT2D eigenvalue weighted by Crippen LogP contribution is -2.48. The molecule has 0 atom stereocenters. The average molecular weight is 387 g/mol. The van der Waals surface area contributed by atoms with Crippen LogP contribution in [0.25, 0.3) is 0 Å². The van der Waals surface area contributed by atoms with Gasteiger partial charge in [-0.3, -0.25) is 9.69 Å². The van der Waals surface area contributed by atoms with Crippen LogP contribution in [0.1, 0.15) is 28.4 Å². The van der Waals surface area contributed by atoms with Crippen molar-refractivity contribution in [2.75, 3.05) is 31.9 Å². The number of benzene rings is 2. The summed E-state index contributed by atoms with van der Waals surface area (Å²) in [4.78, 5) is 17.2. The number of rotatable bonds is 5. The third-order valence-corrected chi connectivity index (χ3v) is 6.74. The third-order valence-electron chi connectivity index (χ3n) is 4.99. The molecule has 0 radical (unpaired) electrons. The van der Waals surface area contributed by atoms with Crippen LogP contribution in [0.4, 0.5) is 0 Å². The van der Waals surface area contributed by atoms with Crippen LogP contribution in [0, 0.1) is 6.92 Å². The first-order valence-corrected chi connectivity index (χ1v) is 10.9. The number of hydrogen-bond donors (Lipinski definition) is 0. The lowest BCUT2D eigenvalue weighted by molar-refractivity contribution is 0.0628. The summed E-state index contributed by atoms with van der Waals surface area (Å²) in [5, 5.41) is 0. The summed E-state index contributed by atoms with van der Waals surface area (Å²) in [6.07, 6.45) is 0. The largest absolute Gasteiger partial charge is 0.336 e. The van der Waals surface area contributed by atoms with Gasteiger partial charge in [-0.25, -0.2) is 8.42 Å². The maximum atomic E-state index is 12.7. The molecule has 1 aliphatic heterocycles. The Bertz CT molecular complexity index is 899. The second-order valence-electron chi connectivity index (χ2n) is 6.99. The van der Waals surface area contributed by atoms with Crippen LogP contribution in [0.3, 0.4) is 0 Å². The zero-order chi connectivity index (χ0) is 19.4. The summed E-state index contributed by atoms with van der Waals surface area (Å²) in [6.45, 7) is 7.64. The molecule has 0 aromatic heterocycles. The molecule has 0 N–H and O–H groups in total. The molecule has 1 heterocycles. The standard InChI is InChI=1S/C21H26N2O3S/c1-3-27(25,26)20-9-7-19(8-10-20)21(24)23-13-11-22(12-14-23)16-18-6-4-5-17(2)15-18/h4-10,15H,3,11-14,16H2,1-2H3. The SMILES string of the molecule is CCS(=O)(=O)c1ccc(C(=O)N2CCN(Cc3cccc(C)c3)CC2)cc1. The quantitative estimate of drug-likeness (QED) is 0.793. The molecule has 0 unspecified atom stereocenters. The molecule has 1 amide bonds. The fraction of sp³-hybridized carbons (Fsp3) is 0.381. The maximum absolute atomic E-state index is 12.7. The van der Waals surface area contributed by atoms with E-state index in [2.05, 4.69) is 36.1 Å². The van der Waals surface area contributed by atoms with E-state index in [4.69, 9.17) is 0 Å². The van der Waals surface area contributed by atoms with Crippen molar-refractivity contribution in [2.24, 2.45) is 0 Å². The fourth-order valence-electron chi connectivity index (χ4n) is 3.33. The lowest BCUT2D eigenvalue weighted by atomic mass is 10.1. The van der Waals surface area contributed by atoms with Gasteiger partial charge in [0.2, 0.25) is 0 Å². The van der Waals surface area contributed by atoms with Crippen LogP contribution in [-0.2, 0) is 16.4 Å². The van der Waals surface area contributed by atoms with Crippen LogP contribution in [-0.4, -0.2) is 56.1 Å². The van der Waals surface area contributed by atoms with Gasteiger partial charge in [0.05, 0.1) is 10.6 Å². The van der Waals surface area contributed by atoms with E-state index in [0.29, 0.717) is 18.7 Å². The molecule has 144 valence electrons. The average Bonchev–Trinajstić information content (AvgIpc) is 2.68. The third kappa shape index (κ3) is 4.76. The number of amides is 1. The molecule has 0 bridgehead atoms. The van der Waals surface area contributed by atoms with Gasteiger partial charge in [0.15, 0.2) is 9.84 Å². The topological polar surface area (TPSA) is 57.7 Å². The highest BCUT2D eigenvalue weighted by atomic mass is 32.2. The Morgan fingerprint density at radius 2 is 1.67 bits per heavy atom. The van der Waals surface area contributed by atoms with E-state index in [1.54, 1.807) is 19.1 Å². The van der Waals surface area contributed by atoms with Crippen LogP contribution in [0.5, 0.6) is 0 Å². The van der Waals surface area contributed by atoms with Crippen molar-refractivity contribution in [3.8, 4) is 0 Å². The number of sulfone groups is 1. The van der Waals surface area contributed by atoms with Crippen LogP contribution in [0.2, 0.25) is 0 Å². The van der Waals surface area contributed by atoms with Gasteiger partial charge >= 0.3 is 0 Å². The highest BCUT2D eigenvalue weighted by molar-refractivity contribution is 7.91. The van der Waals surface area contributed by atoms with Gasteiger partial charge in [-0.15, -0.1) is 0 Å². The van der Waals surface area contributed by atoms with Gasteiger partial charge in [0, 0.05) is 38.3 Å². The summed E-state index contributed by atoms with van der Waals surface area (Å²) in [5.74, 6) is 0.0223. The van der Waals surface area contributed by atoms with E-state index in [9.17, 15) is 13.2 Å². The Balaban J connectivity index is 1.58. The van der Waals surface area contributed by atoms with Crippen molar-refractivity contribution in [3.63, 3.8) is 0 Å². The predicted molar refractivity (Wildman–Crippen MR) is 107 cm³/mol. The summed E-state index contributed by atoms with van der Waals surface area (Å²) in [6, 6.07) is 14.8. The molecule has 0 saturated carbocycles. The molecule has 1 saturated heterocycles. The van der Waals surface area contributed by atoms with Crippen molar-refractivity contribution in [1.82, 2.24) is 9.80 Å². The number of carbonyl (C=O) groups excluding carboxylic acids is 1. The molecule has 2 aromatic rings. The van der Waals surface area contributed by atoms with Gasteiger partial charge in [-0.1, -0.05) is 36.8 Å². The molecule has 0 spiro atoms. The summed E-state index contributed by atoms with van der Waals surface area (Å²) < 4.78 is 23.8. The van der Waals surface area contributed by atoms with Crippen LogP contribution < -0.4 is 0 Å². The summed E-state index contributed by atoms with van der Waals surface area (Å²) in [5.41, 5.74) is 3.09. The molecule has 27 heavy (non-hydrogen) atoms. The van der Waals surface area contributed by atoms with Gasteiger partial charge in [-0.05, 0) is 36.8 Å². The first-order valence-electron chi connectivity index (χ1n) is 9.29. The highest BCUT2D eigenvalue weighted by Gasteiger charge is 2.22. The van der Waals surface area contributed by atoms with E-state index in [-0.39, 0.29) is 16.6 Å². The van der Waals surface area contributed by atoms with Gasteiger partial charge in [0.1, 0.15) is 0 Å². The minimum absolute atomic E-state index is 0.0364. The van der Waals surface area contributed by atoms with Crippen molar-refractivity contribution in [2.45, 2.75) is 25.3 Å². The van der Waals surface area contributed by atoms with E-state index < -0.39 is 9.84 Å². The van der Waals surface area contributed by atoms with Crippen molar-refractivity contribution in [3.05, 3.63) is 65.2 Å². The second-order valence-corrected chi connectivity index (χ2v) is 9.26. The zero-order valence-corrected chi connectivity index (χ0v) is 16.7. The molecule has 3 rings (SSSR count). The maximum Gasteiger partial charge on any atom is 0.253 e. The van der Waals surface area contributed by atoms with Crippen molar-refractivity contribution >= 4 is 15.7 Å². The predicted octanol–water partition coefficient (Wildman–Crippen LogP) is 2.75. The van der Waals surface area contributed by atoms with Gasteiger partial charge < -0.3 is 4.90 Å². The first kappa shape index (κ1) is 19.6. The minimum Gasteiger partial charge on any atom is -0.336 e. The Labute approximate surface area is 161 Å². The number of piperazine rings is 1. The second kappa shape index (κ2) is 8.23. The van der Waals surface area contributed by atoms with E-state index in [1.807, 2.05) is 4.90 Å². The van der Waals surface area contributed by atoms with Crippen molar-refractivity contribution in [1.29, 1.82) is 0 Å². The smallest absolute Gasteiger partial charge is 0.253 e.